The zero-order valence-electron chi connectivity index (χ0n) is 8.74. The second-order valence-electron chi connectivity index (χ2n) is 3.20. The van der Waals surface area contributed by atoms with Gasteiger partial charge >= 0.3 is 12.4 Å². The van der Waals surface area contributed by atoms with Gasteiger partial charge < -0.3 is 4.74 Å². The molecule has 1 rings (SSSR count). The van der Waals surface area contributed by atoms with Crippen molar-refractivity contribution in [2.75, 3.05) is 7.11 Å². The maximum atomic E-state index is 12.5. The summed E-state index contributed by atoms with van der Waals surface area (Å²) in [4.78, 5) is 10.4. The molecule has 0 aliphatic rings. The first kappa shape index (κ1) is 14.3. The van der Waals surface area contributed by atoms with Crippen LogP contribution in [0.15, 0.2) is 12.1 Å². The first-order valence-corrected chi connectivity index (χ1v) is 4.36. The van der Waals surface area contributed by atoms with Gasteiger partial charge in [-0.15, -0.1) is 0 Å². The lowest BCUT2D eigenvalue weighted by molar-refractivity contribution is -0.143. The summed E-state index contributed by atoms with van der Waals surface area (Å²) in [5.41, 5.74) is -4.37. The van der Waals surface area contributed by atoms with E-state index in [0.29, 0.717) is 6.07 Å². The van der Waals surface area contributed by atoms with E-state index in [0.717, 1.165) is 13.4 Å². The van der Waals surface area contributed by atoms with Crippen LogP contribution in [-0.2, 0) is 17.1 Å². The van der Waals surface area contributed by atoms with Crippen LogP contribution in [0.4, 0.5) is 26.3 Å². The van der Waals surface area contributed by atoms with E-state index in [2.05, 4.69) is 4.74 Å². The lowest BCUT2D eigenvalue weighted by Gasteiger charge is -2.15. The van der Waals surface area contributed by atoms with Crippen LogP contribution in [0.1, 0.15) is 16.7 Å². The molecule has 0 heterocycles. The van der Waals surface area contributed by atoms with Crippen LogP contribution in [0, 0.1) is 0 Å². The van der Waals surface area contributed by atoms with Crippen molar-refractivity contribution in [3.05, 3.63) is 28.8 Å². The zero-order valence-corrected chi connectivity index (χ0v) is 8.74. The summed E-state index contributed by atoms with van der Waals surface area (Å²) in [7, 11) is 0.858. The number of ether oxygens (including phenoxy) is 1. The minimum Gasteiger partial charge on any atom is -0.496 e. The van der Waals surface area contributed by atoms with Crippen molar-refractivity contribution in [1.29, 1.82) is 0 Å². The van der Waals surface area contributed by atoms with Gasteiger partial charge in [-0.1, -0.05) is 0 Å². The second kappa shape index (κ2) is 4.51. The zero-order chi connectivity index (χ0) is 14.1. The van der Waals surface area contributed by atoms with Gasteiger partial charge in [0.2, 0.25) is 6.29 Å². The molecule has 18 heavy (non-hydrogen) atoms. The Labute approximate surface area is 97.2 Å². The summed E-state index contributed by atoms with van der Waals surface area (Å²) >= 11 is 0. The number of benzene rings is 1. The van der Waals surface area contributed by atoms with E-state index >= 15 is 0 Å². The Bertz CT molecular complexity index is 461. The number of rotatable bonds is 2. The molecule has 0 spiro atoms. The average Bonchev–Trinajstić information content (AvgIpc) is 2.24. The first-order valence-electron chi connectivity index (χ1n) is 4.36. The highest BCUT2D eigenvalue weighted by Crippen LogP contribution is 2.40. The molecule has 0 atom stereocenters. The smallest absolute Gasteiger partial charge is 0.417 e. The maximum absolute atomic E-state index is 12.5. The highest BCUT2D eigenvalue weighted by atomic mass is 19.4. The van der Waals surface area contributed by atoms with Crippen molar-refractivity contribution in [1.82, 2.24) is 0 Å². The summed E-state index contributed by atoms with van der Waals surface area (Å²) in [5, 5.41) is 0. The molecule has 0 aliphatic carbocycles. The topological polar surface area (TPSA) is 26.3 Å². The van der Waals surface area contributed by atoms with Gasteiger partial charge in [0.15, 0.2) is 0 Å². The summed E-state index contributed by atoms with van der Waals surface area (Å²) in [5.74, 6) is -0.827. The molecule has 0 aromatic heterocycles. The Balaban J connectivity index is 3.62. The van der Waals surface area contributed by atoms with E-state index < -0.39 is 34.8 Å². The van der Waals surface area contributed by atoms with Crippen LogP contribution in [0.5, 0.6) is 5.75 Å². The van der Waals surface area contributed by atoms with Gasteiger partial charge in [0.25, 0.3) is 0 Å². The molecule has 0 amide bonds. The molecule has 0 fully saturated rings. The Morgan fingerprint density at radius 1 is 1.06 bits per heavy atom. The van der Waals surface area contributed by atoms with Crippen LogP contribution < -0.4 is 4.74 Å². The van der Waals surface area contributed by atoms with Gasteiger partial charge in [-0.05, 0) is 12.1 Å². The Hall–Kier alpha value is -1.73. The molecule has 99 valence electrons. The standard InChI is InChI=1S/C10H5F6O2/c1-18-8-3-5(9(11,12)13)2-7(6(8)4-17)10(14,15)16/h2-3H,1H3. The van der Waals surface area contributed by atoms with Gasteiger partial charge in [-0.2, -0.15) is 26.3 Å². The molecule has 0 aliphatic heterocycles. The van der Waals surface area contributed by atoms with Gasteiger partial charge in [-0.3, -0.25) is 4.79 Å². The van der Waals surface area contributed by atoms with Crippen LogP contribution in [-0.4, -0.2) is 13.4 Å². The Morgan fingerprint density at radius 2 is 1.61 bits per heavy atom. The highest BCUT2D eigenvalue weighted by molar-refractivity contribution is 5.83. The quantitative estimate of drug-likeness (QED) is 0.772. The molecule has 0 bridgehead atoms. The third-order valence-corrected chi connectivity index (χ3v) is 2.06. The van der Waals surface area contributed by atoms with Crippen molar-refractivity contribution in [2.24, 2.45) is 0 Å². The fourth-order valence-electron chi connectivity index (χ4n) is 1.27. The SMILES string of the molecule is COc1cc(C(F)(F)F)cc(C(F)(F)F)c1[C]=O. The second-order valence-corrected chi connectivity index (χ2v) is 3.20. The van der Waals surface area contributed by atoms with Gasteiger partial charge in [0, 0.05) is 0 Å². The average molecular weight is 271 g/mol. The van der Waals surface area contributed by atoms with Crippen LogP contribution in [0.25, 0.3) is 0 Å². The van der Waals surface area contributed by atoms with Gasteiger partial charge in [0.05, 0.1) is 23.8 Å². The molecular weight excluding hydrogens is 266 g/mol. The number of halogens is 6. The van der Waals surface area contributed by atoms with Crippen molar-refractivity contribution >= 4 is 6.29 Å². The molecule has 8 heteroatoms. The largest absolute Gasteiger partial charge is 0.496 e. The lowest BCUT2D eigenvalue weighted by atomic mass is 10.0. The summed E-state index contributed by atoms with van der Waals surface area (Å²) in [6.45, 7) is 0. The van der Waals surface area contributed by atoms with Crippen molar-refractivity contribution in [3.63, 3.8) is 0 Å². The van der Waals surface area contributed by atoms with E-state index in [4.69, 9.17) is 0 Å². The minimum absolute atomic E-state index is 0.150. The lowest BCUT2D eigenvalue weighted by Crippen LogP contribution is -2.14. The number of hydrogen-bond acceptors (Lipinski definition) is 2. The molecule has 1 radical (unpaired) electrons. The molecule has 0 N–H and O–H groups in total. The molecule has 2 nitrogen and oxygen atoms in total. The van der Waals surface area contributed by atoms with E-state index in [-0.39, 0.29) is 6.07 Å². The van der Waals surface area contributed by atoms with Crippen molar-refractivity contribution in [2.45, 2.75) is 12.4 Å². The fraction of sp³-hybridized carbons (Fsp3) is 0.300. The third-order valence-electron chi connectivity index (χ3n) is 2.06. The molecule has 0 unspecified atom stereocenters. The number of hydrogen-bond donors (Lipinski definition) is 0. The predicted molar refractivity (Wildman–Crippen MR) is 47.8 cm³/mol. The van der Waals surface area contributed by atoms with Gasteiger partial charge in [0.1, 0.15) is 5.75 Å². The molecular formula is C10H5F6O2. The maximum Gasteiger partial charge on any atom is 0.417 e. The summed E-state index contributed by atoms with van der Waals surface area (Å²) < 4.78 is 79.1. The number of carbonyl (C=O) groups excluding carboxylic acids is 1. The van der Waals surface area contributed by atoms with E-state index in [1.807, 2.05) is 0 Å². The molecule has 1 aromatic carbocycles. The van der Waals surface area contributed by atoms with Crippen LogP contribution in [0.2, 0.25) is 0 Å². The number of alkyl halides is 6. The predicted octanol–water partition coefficient (Wildman–Crippen LogP) is 3.19. The first-order chi connectivity index (χ1) is 8.11. The minimum atomic E-state index is -5.11. The monoisotopic (exact) mass is 271 g/mol. The van der Waals surface area contributed by atoms with E-state index in [1.165, 1.54) is 0 Å². The van der Waals surface area contributed by atoms with Crippen molar-refractivity contribution in [3.8, 4) is 5.75 Å². The fourth-order valence-corrected chi connectivity index (χ4v) is 1.27. The molecule has 0 saturated carbocycles. The normalized spacial score (nSPS) is 12.4. The third kappa shape index (κ3) is 2.74. The molecule has 0 saturated heterocycles. The summed E-state index contributed by atoms with van der Waals surface area (Å²) in [6.07, 6.45) is -9.15. The molecule has 1 aromatic rings. The Kier molecular flexibility index (Phi) is 3.59. The van der Waals surface area contributed by atoms with E-state index in [1.54, 1.807) is 0 Å². The highest BCUT2D eigenvalue weighted by Gasteiger charge is 2.40. The van der Waals surface area contributed by atoms with E-state index in [9.17, 15) is 31.1 Å². The Morgan fingerprint density at radius 3 is 1.94 bits per heavy atom. The van der Waals surface area contributed by atoms with Gasteiger partial charge in [-0.25, -0.2) is 0 Å². The van der Waals surface area contributed by atoms with Crippen LogP contribution >= 0.6 is 0 Å². The number of methoxy groups -OCH3 is 1. The summed E-state index contributed by atoms with van der Waals surface area (Å²) in [6, 6.07) is 0.165. The van der Waals surface area contributed by atoms with Crippen LogP contribution in [0.3, 0.4) is 0 Å². The van der Waals surface area contributed by atoms with Crippen molar-refractivity contribution < 1.29 is 35.9 Å².